The zero-order valence-electron chi connectivity index (χ0n) is 19.7. The predicted molar refractivity (Wildman–Crippen MR) is 131 cm³/mol. The van der Waals surface area contributed by atoms with Gasteiger partial charge in [0.2, 0.25) is 5.91 Å². The van der Waals surface area contributed by atoms with Crippen molar-refractivity contribution >= 4 is 23.1 Å². The Balaban J connectivity index is 1.67. The van der Waals surface area contributed by atoms with E-state index in [0.717, 1.165) is 31.2 Å². The summed E-state index contributed by atoms with van der Waals surface area (Å²) >= 11 is 0. The second-order valence-corrected chi connectivity index (χ2v) is 8.16. The highest BCUT2D eigenvalue weighted by molar-refractivity contribution is 5.88. The molecule has 0 saturated carbocycles. The highest BCUT2D eigenvalue weighted by Crippen LogP contribution is 2.31. The van der Waals surface area contributed by atoms with Crippen LogP contribution in [-0.2, 0) is 17.6 Å². The quantitative estimate of drug-likeness (QED) is 0.177. The molecule has 1 amide bonds. The van der Waals surface area contributed by atoms with Gasteiger partial charge in [0, 0.05) is 12.0 Å². The molecule has 0 fully saturated rings. The molecule has 1 aromatic heterocycles. The normalized spacial score (nSPS) is 11.3. The molecular formula is C26H30N2O6. The minimum Gasteiger partial charge on any atom is -0.507 e. The number of ether oxygens (including phenoxy) is 1. The molecule has 0 aliphatic heterocycles. The van der Waals surface area contributed by atoms with E-state index in [4.69, 9.17) is 9.15 Å². The number of nitrogens with one attached hydrogen (secondary N) is 1. The predicted octanol–water partition coefficient (Wildman–Crippen LogP) is 4.34. The van der Waals surface area contributed by atoms with Crippen molar-refractivity contribution in [3.63, 3.8) is 0 Å². The molecule has 0 aliphatic carbocycles. The average Bonchev–Trinajstić information content (AvgIpc) is 2.78. The van der Waals surface area contributed by atoms with Crippen LogP contribution in [0.5, 0.6) is 17.2 Å². The van der Waals surface area contributed by atoms with Gasteiger partial charge in [-0.1, -0.05) is 19.8 Å². The van der Waals surface area contributed by atoms with Crippen molar-refractivity contribution in [3.8, 4) is 17.2 Å². The molecule has 2 aromatic carbocycles. The van der Waals surface area contributed by atoms with Gasteiger partial charge in [-0.2, -0.15) is 5.10 Å². The van der Waals surface area contributed by atoms with Gasteiger partial charge in [-0.3, -0.25) is 4.79 Å². The van der Waals surface area contributed by atoms with Crippen molar-refractivity contribution in [2.75, 3.05) is 7.11 Å². The average molecular weight is 467 g/mol. The maximum atomic E-state index is 12.6. The van der Waals surface area contributed by atoms with Crippen LogP contribution >= 0.6 is 0 Å². The number of phenols is 2. The lowest BCUT2D eigenvalue weighted by atomic mass is 9.99. The van der Waals surface area contributed by atoms with Gasteiger partial charge in [0.15, 0.2) is 11.5 Å². The fraction of sp³-hybridized carbons (Fsp3) is 0.346. The smallest absolute Gasteiger partial charge is 0.339 e. The van der Waals surface area contributed by atoms with Crippen molar-refractivity contribution in [1.29, 1.82) is 0 Å². The van der Waals surface area contributed by atoms with Crippen molar-refractivity contribution in [2.24, 2.45) is 5.10 Å². The summed E-state index contributed by atoms with van der Waals surface area (Å²) in [4.78, 5) is 24.8. The van der Waals surface area contributed by atoms with Crippen molar-refractivity contribution < 1.29 is 24.2 Å². The molecule has 3 aromatic rings. The van der Waals surface area contributed by atoms with Gasteiger partial charge in [0.25, 0.3) is 0 Å². The molecular weight excluding hydrogens is 436 g/mol. The van der Waals surface area contributed by atoms with Crippen LogP contribution in [0.25, 0.3) is 11.0 Å². The first-order valence-corrected chi connectivity index (χ1v) is 11.3. The summed E-state index contributed by atoms with van der Waals surface area (Å²) in [6.45, 7) is 3.87. The van der Waals surface area contributed by atoms with E-state index in [1.165, 1.54) is 19.4 Å². The molecule has 0 saturated heterocycles. The number of aromatic hydroxyl groups is 2. The van der Waals surface area contributed by atoms with Crippen molar-refractivity contribution in [2.45, 2.75) is 52.4 Å². The molecule has 0 radical (unpaired) electrons. The third kappa shape index (κ3) is 5.95. The highest BCUT2D eigenvalue weighted by Gasteiger charge is 2.16. The molecule has 0 spiro atoms. The van der Waals surface area contributed by atoms with Crippen LogP contribution in [0.3, 0.4) is 0 Å². The van der Waals surface area contributed by atoms with Crippen molar-refractivity contribution in [3.05, 3.63) is 63.0 Å². The van der Waals surface area contributed by atoms with E-state index in [2.05, 4.69) is 17.5 Å². The van der Waals surface area contributed by atoms with Gasteiger partial charge < -0.3 is 19.4 Å². The molecule has 3 rings (SSSR count). The number of unbranched alkanes of at least 4 members (excludes halogenated alkanes) is 2. The van der Waals surface area contributed by atoms with Gasteiger partial charge in [-0.05, 0) is 73.2 Å². The van der Waals surface area contributed by atoms with Gasteiger partial charge in [0.1, 0.15) is 11.3 Å². The van der Waals surface area contributed by atoms with Crippen molar-refractivity contribution in [1.82, 2.24) is 5.43 Å². The number of fused-ring (bicyclic) bond motifs is 1. The Morgan fingerprint density at radius 2 is 1.94 bits per heavy atom. The lowest BCUT2D eigenvalue weighted by Crippen LogP contribution is -2.20. The summed E-state index contributed by atoms with van der Waals surface area (Å²) in [6, 6.07) is 8.25. The Morgan fingerprint density at radius 1 is 1.15 bits per heavy atom. The highest BCUT2D eigenvalue weighted by atomic mass is 16.5. The summed E-state index contributed by atoms with van der Waals surface area (Å²) in [7, 11) is 1.45. The van der Waals surface area contributed by atoms with Crippen LogP contribution in [0.1, 0.15) is 54.9 Å². The lowest BCUT2D eigenvalue weighted by molar-refractivity contribution is -0.121. The third-order valence-electron chi connectivity index (χ3n) is 5.69. The maximum absolute atomic E-state index is 12.6. The molecule has 0 atom stereocenters. The molecule has 0 bridgehead atoms. The molecule has 34 heavy (non-hydrogen) atoms. The number of nitrogens with zero attached hydrogens (tertiary/aromatic N) is 1. The summed E-state index contributed by atoms with van der Waals surface area (Å²) in [5.74, 6) is -0.0104. The molecule has 180 valence electrons. The minimum atomic E-state index is -0.514. The molecule has 0 aliphatic rings. The van der Waals surface area contributed by atoms with E-state index in [0.29, 0.717) is 33.4 Å². The Kier molecular flexibility index (Phi) is 8.29. The fourth-order valence-corrected chi connectivity index (χ4v) is 3.85. The minimum absolute atomic E-state index is 0.0121. The van der Waals surface area contributed by atoms with E-state index in [1.807, 2.05) is 0 Å². The number of carbonyl (C=O) groups excluding carboxylic acids is 1. The zero-order chi connectivity index (χ0) is 24.7. The van der Waals surface area contributed by atoms with E-state index in [-0.39, 0.29) is 30.2 Å². The molecule has 8 heteroatoms. The zero-order valence-corrected chi connectivity index (χ0v) is 19.7. The largest absolute Gasteiger partial charge is 0.507 e. The number of methoxy groups -OCH3 is 1. The van der Waals surface area contributed by atoms with Gasteiger partial charge in [0.05, 0.1) is 18.7 Å². The number of amides is 1. The standard InChI is InChI=1S/C26H30N2O6/c1-4-5-6-7-17-12-21(30)25-16(2)19(26(32)34-23(25)14-17)9-11-24(31)28-27-15-18-8-10-22(33-3)20(29)13-18/h8,10,12-15,29-30H,4-7,9,11H2,1-3H3,(H,28,31)/b27-15+. The molecule has 3 N–H and O–H groups in total. The summed E-state index contributed by atoms with van der Waals surface area (Å²) in [5.41, 5.74) is 4.70. The number of benzene rings is 2. The van der Waals surface area contributed by atoms with Crippen LogP contribution in [0, 0.1) is 6.92 Å². The van der Waals surface area contributed by atoms with Crippen LogP contribution in [0.2, 0.25) is 0 Å². The monoisotopic (exact) mass is 466 g/mol. The van der Waals surface area contributed by atoms with Crippen LogP contribution in [0.15, 0.2) is 44.6 Å². The van der Waals surface area contributed by atoms with Gasteiger partial charge in [-0.25, -0.2) is 10.2 Å². The number of hydrogen-bond donors (Lipinski definition) is 3. The van der Waals surface area contributed by atoms with E-state index < -0.39 is 5.63 Å². The van der Waals surface area contributed by atoms with E-state index >= 15 is 0 Å². The summed E-state index contributed by atoms with van der Waals surface area (Å²) in [5, 5.41) is 24.7. The Hall–Kier alpha value is -3.81. The lowest BCUT2D eigenvalue weighted by Gasteiger charge is -2.11. The van der Waals surface area contributed by atoms with Gasteiger partial charge in [-0.15, -0.1) is 0 Å². The fourth-order valence-electron chi connectivity index (χ4n) is 3.85. The number of aryl methyl sites for hydroxylation is 2. The topological polar surface area (TPSA) is 121 Å². The SMILES string of the molecule is CCCCCc1cc(O)c2c(C)c(CCC(=O)N/N=C/c3ccc(OC)c(O)c3)c(=O)oc2c1. The number of hydrazone groups is 1. The Labute approximate surface area is 197 Å². The maximum Gasteiger partial charge on any atom is 0.339 e. The van der Waals surface area contributed by atoms with Crippen LogP contribution in [-0.4, -0.2) is 29.4 Å². The second kappa shape index (κ2) is 11.4. The Bertz CT molecular complexity index is 1260. The molecule has 8 nitrogen and oxygen atoms in total. The van der Waals surface area contributed by atoms with Crippen LogP contribution in [0.4, 0.5) is 0 Å². The van der Waals surface area contributed by atoms with Gasteiger partial charge >= 0.3 is 5.63 Å². The number of rotatable bonds is 10. The van der Waals surface area contributed by atoms with E-state index in [9.17, 15) is 19.8 Å². The number of phenolic OH excluding ortho intramolecular Hbond substituents is 2. The number of hydrogen-bond acceptors (Lipinski definition) is 7. The van der Waals surface area contributed by atoms with Crippen LogP contribution < -0.4 is 15.8 Å². The molecule has 0 unspecified atom stereocenters. The second-order valence-electron chi connectivity index (χ2n) is 8.16. The first-order chi connectivity index (χ1) is 16.3. The number of carbonyl (C=O) groups is 1. The third-order valence-corrected chi connectivity index (χ3v) is 5.69. The Morgan fingerprint density at radius 3 is 2.65 bits per heavy atom. The first kappa shape index (κ1) is 24.8. The first-order valence-electron chi connectivity index (χ1n) is 11.3. The van der Waals surface area contributed by atoms with E-state index in [1.54, 1.807) is 31.2 Å². The summed E-state index contributed by atoms with van der Waals surface area (Å²) < 4.78 is 10.5. The summed E-state index contributed by atoms with van der Waals surface area (Å²) in [6.07, 6.45) is 5.54. The molecule has 1 heterocycles.